The first-order chi connectivity index (χ1) is 9.08. The van der Waals surface area contributed by atoms with Crippen LogP contribution in [0.5, 0.6) is 5.75 Å². The molecule has 0 spiro atoms. The normalized spacial score (nSPS) is 23.5. The van der Waals surface area contributed by atoms with E-state index >= 15 is 0 Å². The number of nitrogens with one attached hydrogen (secondary N) is 1. The number of ether oxygens (including phenoxy) is 1. The minimum Gasteiger partial charge on any atom is -0.491 e. The minimum atomic E-state index is -0.281. The molecule has 19 heavy (non-hydrogen) atoms. The number of halogens is 1. The van der Waals surface area contributed by atoms with E-state index in [0.29, 0.717) is 12.4 Å². The van der Waals surface area contributed by atoms with E-state index < -0.39 is 0 Å². The second-order valence-electron chi connectivity index (χ2n) is 5.31. The van der Waals surface area contributed by atoms with Gasteiger partial charge in [0.2, 0.25) is 0 Å². The van der Waals surface area contributed by atoms with E-state index in [2.05, 4.69) is 24.1 Å². The molecule has 0 amide bonds. The summed E-state index contributed by atoms with van der Waals surface area (Å²) in [5.41, 5.74) is 1.04. The fourth-order valence-corrected chi connectivity index (χ4v) is 2.47. The molecule has 0 aromatic heterocycles. The van der Waals surface area contributed by atoms with Gasteiger partial charge in [-0.3, -0.25) is 0 Å². The number of hydrogen-bond acceptors (Lipinski definition) is 3. The van der Waals surface area contributed by atoms with Crippen LogP contribution in [0.15, 0.2) is 18.2 Å². The Kier molecular flexibility index (Phi) is 4.30. The summed E-state index contributed by atoms with van der Waals surface area (Å²) in [6, 6.07) is 5.24. The average Bonchev–Trinajstić information content (AvgIpc) is 2.41. The van der Waals surface area contributed by atoms with E-state index in [0.717, 1.165) is 31.7 Å². The van der Waals surface area contributed by atoms with Crippen LogP contribution in [-0.4, -0.2) is 31.8 Å². The predicted molar refractivity (Wildman–Crippen MR) is 76.5 cm³/mol. The SMILES string of the molecule is CCOc1ccc(N2CCNC(C)(CC)C2)cc1F. The lowest BCUT2D eigenvalue weighted by molar-refractivity contribution is 0.312. The smallest absolute Gasteiger partial charge is 0.167 e. The molecular formula is C15H23FN2O. The van der Waals surface area contributed by atoms with Crippen molar-refractivity contribution in [3.05, 3.63) is 24.0 Å². The quantitative estimate of drug-likeness (QED) is 0.907. The topological polar surface area (TPSA) is 24.5 Å². The van der Waals surface area contributed by atoms with Crippen LogP contribution >= 0.6 is 0 Å². The molecule has 1 aliphatic rings. The summed E-state index contributed by atoms with van der Waals surface area (Å²) >= 11 is 0. The van der Waals surface area contributed by atoms with Gasteiger partial charge in [0.1, 0.15) is 0 Å². The van der Waals surface area contributed by atoms with Gasteiger partial charge in [-0.1, -0.05) is 6.92 Å². The van der Waals surface area contributed by atoms with Gasteiger partial charge in [0, 0.05) is 36.9 Å². The molecule has 1 fully saturated rings. The summed E-state index contributed by atoms with van der Waals surface area (Å²) in [4.78, 5) is 2.23. The Hall–Kier alpha value is -1.29. The molecule has 0 aliphatic carbocycles. The van der Waals surface area contributed by atoms with E-state index in [9.17, 15) is 4.39 Å². The highest BCUT2D eigenvalue weighted by Crippen LogP contribution is 2.26. The first-order valence-electron chi connectivity index (χ1n) is 7.00. The Morgan fingerprint density at radius 1 is 1.42 bits per heavy atom. The van der Waals surface area contributed by atoms with Crippen molar-refractivity contribution in [2.24, 2.45) is 0 Å². The summed E-state index contributed by atoms with van der Waals surface area (Å²) < 4.78 is 19.1. The molecular weight excluding hydrogens is 243 g/mol. The number of nitrogens with zero attached hydrogens (tertiary/aromatic N) is 1. The van der Waals surface area contributed by atoms with E-state index in [1.807, 2.05) is 13.0 Å². The predicted octanol–water partition coefficient (Wildman–Crippen LogP) is 2.80. The molecule has 1 aromatic carbocycles. The van der Waals surface area contributed by atoms with Gasteiger partial charge >= 0.3 is 0 Å². The molecule has 1 N–H and O–H groups in total. The molecule has 0 bridgehead atoms. The fraction of sp³-hybridized carbons (Fsp3) is 0.600. The Morgan fingerprint density at radius 2 is 2.21 bits per heavy atom. The second-order valence-corrected chi connectivity index (χ2v) is 5.31. The van der Waals surface area contributed by atoms with Gasteiger partial charge in [0.05, 0.1) is 6.61 Å². The molecule has 0 radical (unpaired) electrons. The number of rotatable bonds is 4. The molecule has 1 atom stereocenters. The third kappa shape index (κ3) is 3.18. The highest BCUT2D eigenvalue weighted by molar-refractivity contribution is 5.50. The molecule has 0 saturated carbocycles. The van der Waals surface area contributed by atoms with Gasteiger partial charge in [-0.2, -0.15) is 0 Å². The standard InChI is InChI=1S/C15H23FN2O/c1-4-15(3)11-18(9-8-17-15)12-6-7-14(19-5-2)13(16)10-12/h6-7,10,17H,4-5,8-9,11H2,1-3H3. The van der Waals surface area contributed by atoms with Crippen LogP contribution in [0.1, 0.15) is 27.2 Å². The summed E-state index contributed by atoms with van der Waals surface area (Å²) in [6.07, 6.45) is 1.06. The summed E-state index contributed by atoms with van der Waals surface area (Å²) in [7, 11) is 0. The van der Waals surface area contributed by atoms with Gasteiger partial charge < -0.3 is 15.0 Å². The molecule has 1 saturated heterocycles. The van der Waals surface area contributed by atoms with E-state index in [-0.39, 0.29) is 11.4 Å². The molecule has 4 heteroatoms. The first-order valence-corrected chi connectivity index (χ1v) is 7.00. The lowest BCUT2D eigenvalue weighted by atomic mass is 9.95. The van der Waals surface area contributed by atoms with Crippen LogP contribution in [-0.2, 0) is 0 Å². The van der Waals surface area contributed by atoms with Crippen LogP contribution in [0.2, 0.25) is 0 Å². The maximum absolute atomic E-state index is 13.9. The number of benzene rings is 1. The second kappa shape index (κ2) is 5.78. The third-order valence-electron chi connectivity index (χ3n) is 3.83. The Bertz CT molecular complexity index is 438. The highest BCUT2D eigenvalue weighted by Gasteiger charge is 2.29. The van der Waals surface area contributed by atoms with Crippen molar-refractivity contribution >= 4 is 5.69 Å². The van der Waals surface area contributed by atoms with Crippen LogP contribution in [0, 0.1) is 5.82 Å². The van der Waals surface area contributed by atoms with Gasteiger partial charge in [-0.05, 0) is 32.4 Å². The van der Waals surface area contributed by atoms with E-state index in [4.69, 9.17) is 4.74 Å². The molecule has 1 heterocycles. The van der Waals surface area contributed by atoms with Gasteiger partial charge in [0.15, 0.2) is 11.6 Å². The monoisotopic (exact) mass is 266 g/mol. The van der Waals surface area contributed by atoms with E-state index in [1.165, 1.54) is 0 Å². The van der Waals surface area contributed by atoms with Gasteiger partial charge in [-0.15, -0.1) is 0 Å². The summed E-state index contributed by atoms with van der Waals surface area (Å²) in [5.74, 6) is 0.0516. The van der Waals surface area contributed by atoms with Crippen LogP contribution < -0.4 is 15.0 Å². The molecule has 106 valence electrons. The zero-order valence-electron chi connectivity index (χ0n) is 12.0. The van der Waals surface area contributed by atoms with Crippen molar-refractivity contribution in [3.8, 4) is 5.75 Å². The summed E-state index contributed by atoms with van der Waals surface area (Å²) in [5, 5.41) is 3.53. The molecule has 3 nitrogen and oxygen atoms in total. The highest BCUT2D eigenvalue weighted by atomic mass is 19.1. The van der Waals surface area contributed by atoms with Gasteiger partial charge in [0.25, 0.3) is 0 Å². The molecule has 1 aromatic rings. The minimum absolute atomic E-state index is 0.104. The zero-order chi connectivity index (χ0) is 13.9. The zero-order valence-corrected chi connectivity index (χ0v) is 12.0. The maximum Gasteiger partial charge on any atom is 0.167 e. The lowest BCUT2D eigenvalue weighted by Crippen LogP contribution is -2.58. The first kappa shape index (κ1) is 14.1. The van der Waals surface area contributed by atoms with E-state index in [1.54, 1.807) is 12.1 Å². The number of anilines is 1. The van der Waals surface area contributed by atoms with Crippen molar-refractivity contribution in [3.63, 3.8) is 0 Å². The van der Waals surface area contributed by atoms with Crippen LogP contribution in [0.25, 0.3) is 0 Å². The van der Waals surface area contributed by atoms with Crippen LogP contribution in [0.4, 0.5) is 10.1 Å². The van der Waals surface area contributed by atoms with Crippen molar-refractivity contribution in [2.45, 2.75) is 32.7 Å². The third-order valence-corrected chi connectivity index (χ3v) is 3.83. The van der Waals surface area contributed by atoms with Crippen molar-refractivity contribution in [1.29, 1.82) is 0 Å². The van der Waals surface area contributed by atoms with Gasteiger partial charge in [-0.25, -0.2) is 4.39 Å². The Balaban J connectivity index is 2.15. The number of hydrogen-bond donors (Lipinski definition) is 1. The van der Waals surface area contributed by atoms with Crippen molar-refractivity contribution < 1.29 is 9.13 Å². The number of piperazine rings is 1. The van der Waals surface area contributed by atoms with Crippen molar-refractivity contribution in [2.75, 3.05) is 31.1 Å². The molecule has 1 unspecified atom stereocenters. The Labute approximate surface area is 114 Å². The van der Waals surface area contributed by atoms with Crippen molar-refractivity contribution in [1.82, 2.24) is 5.32 Å². The summed E-state index contributed by atoms with van der Waals surface area (Å²) in [6.45, 7) is 9.46. The largest absolute Gasteiger partial charge is 0.491 e. The Morgan fingerprint density at radius 3 is 2.84 bits per heavy atom. The van der Waals surface area contributed by atoms with Crippen LogP contribution in [0.3, 0.4) is 0 Å². The fourth-order valence-electron chi connectivity index (χ4n) is 2.47. The molecule has 2 rings (SSSR count). The lowest BCUT2D eigenvalue weighted by Gasteiger charge is -2.42. The average molecular weight is 266 g/mol. The maximum atomic E-state index is 13.9. The molecule has 1 aliphatic heterocycles.